The van der Waals surface area contributed by atoms with Crippen LogP contribution in [-0.2, 0) is 21.4 Å². The van der Waals surface area contributed by atoms with Gasteiger partial charge in [0.1, 0.15) is 0 Å². The molecule has 1 aromatic carbocycles. The number of benzene rings is 1. The van der Waals surface area contributed by atoms with Gasteiger partial charge in [0.2, 0.25) is 0 Å². The Bertz CT molecular complexity index is 655. The van der Waals surface area contributed by atoms with Gasteiger partial charge in [0.15, 0.2) is 0 Å². The van der Waals surface area contributed by atoms with Crippen LogP contribution in [0.3, 0.4) is 0 Å². The van der Waals surface area contributed by atoms with E-state index in [9.17, 15) is 4.79 Å². The summed E-state index contributed by atoms with van der Waals surface area (Å²) in [5, 5.41) is 0. The van der Waals surface area contributed by atoms with E-state index in [-0.39, 0.29) is 23.3 Å². The van der Waals surface area contributed by atoms with Crippen LogP contribution in [0.1, 0.15) is 30.9 Å². The first kappa shape index (κ1) is 14.9. The quantitative estimate of drug-likeness (QED) is 0.635. The number of carbonyl (C=O) groups excluding carboxylic acids is 1. The van der Waals surface area contributed by atoms with Gasteiger partial charge in [0.25, 0.3) is 0 Å². The molecule has 5 atom stereocenters. The molecule has 3 heteroatoms. The van der Waals surface area contributed by atoms with Crippen LogP contribution in [0.15, 0.2) is 36.9 Å². The molecule has 0 aromatic heterocycles. The highest BCUT2D eigenvalue weighted by molar-refractivity contribution is 5.74. The largest absolute Gasteiger partial charge is 0.466 e. The fourth-order valence-corrected chi connectivity index (χ4v) is 5.56. The second-order valence-electron chi connectivity index (χ2n) is 7.31. The Kier molecular flexibility index (Phi) is 3.38. The van der Waals surface area contributed by atoms with E-state index < -0.39 is 0 Å². The first-order valence-corrected chi connectivity index (χ1v) is 8.73. The molecule has 0 N–H and O–H groups in total. The van der Waals surface area contributed by atoms with Crippen molar-refractivity contribution in [3.05, 3.63) is 48.0 Å². The van der Waals surface area contributed by atoms with Crippen LogP contribution in [0.25, 0.3) is 0 Å². The van der Waals surface area contributed by atoms with Gasteiger partial charge in [-0.05, 0) is 50.3 Å². The van der Waals surface area contributed by atoms with Crippen LogP contribution in [-0.4, -0.2) is 36.6 Å². The molecule has 0 spiro atoms. The Labute approximate surface area is 138 Å². The number of hydrogen-bond acceptors (Lipinski definition) is 3. The SMILES string of the molecule is C=C[C@]12CC3C(C(=O)OCC)CC1C(Cc1ccccc12)N3C. The summed E-state index contributed by atoms with van der Waals surface area (Å²) >= 11 is 0. The molecule has 1 saturated carbocycles. The predicted molar refractivity (Wildman–Crippen MR) is 90.2 cm³/mol. The van der Waals surface area contributed by atoms with Gasteiger partial charge in [-0.3, -0.25) is 9.69 Å². The molecule has 5 rings (SSSR count). The van der Waals surface area contributed by atoms with Crippen molar-refractivity contribution in [1.29, 1.82) is 0 Å². The monoisotopic (exact) mass is 311 g/mol. The zero-order chi connectivity index (χ0) is 16.2. The van der Waals surface area contributed by atoms with E-state index in [0.717, 1.165) is 19.3 Å². The molecule has 23 heavy (non-hydrogen) atoms. The Morgan fingerprint density at radius 2 is 2.22 bits per heavy atom. The predicted octanol–water partition coefficient (Wildman–Crippen LogP) is 2.94. The molecule has 0 radical (unpaired) electrons. The smallest absolute Gasteiger partial charge is 0.310 e. The van der Waals surface area contributed by atoms with Crippen LogP contribution in [0.4, 0.5) is 0 Å². The van der Waals surface area contributed by atoms with Crippen molar-refractivity contribution >= 4 is 5.97 Å². The highest BCUT2D eigenvalue weighted by Crippen LogP contribution is 2.58. The van der Waals surface area contributed by atoms with Crippen molar-refractivity contribution in [1.82, 2.24) is 4.90 Å². The number of rotatable bonds is 3. The highest BCUT2D eigenvalue weighted by Gasteiger charge is 2.61. The van der Waals surface area contributed by atoms with E-state index in [1.165, 1.54) is 11.1 Å². The van der Waals surface area contributed by atoms with Crippen molar-refractivity contribution in [3.63, 3.8) is 0 Å². The lowest BCUT2D eigenvalue weighted by Crippen LogP contribution is -2.69. The lowest BCUT2D eigenvalue weighted by Gasteiger charge is -2.63. The molecule has 2 aliphatic carbocycles. The molecule has 1 aromatic rings. The molecule has 3 nitrogen and oxygen atoms in total. The summed E-state index contributed by atoms with van der Waals surface area (Å²) in [7, 11) is 2.19. The lowest BCUT2D eigenvalue weighted by atomic mass is 9.49. The molecular formula is C20H25NO2. The van der Waals surface area contributed by atoms with E-state index in [2.05, 4.69) is 48.9 Å². The Morgan fingerprint density at radius 3 is 2.96 bits per heavy atom. The molecule has 3 fully saturated rings. The standard InChI is InChI=1S/C20H25NO2/c1-4-20-12-18-14(19(22)23-5-2)11-16(20)17(21(18)3)10-13-8-6-7-9-15(13)20/h4,6-9,14,16-18H,1,5,10-12H2,2-3H3/t14?,16?,17?,18?,20-/m1/s1. The topological polar surface area (TPSA) is 29.5 Å². The molecule has 4 bridgehead atoms. The number of nitrogens with zero attached hydrogens (tertiary/aromatic N) is 1. The maximum Gasteiger partial charge on any atom is 0.310 e. The number of hydrogen-bond donors (Lipinski definition) is 0. The van der Waals surface area contributed by atoms with E-state index in [1.54, 1.807) is 0 Å². The van der Waals surface area contributed by atoms with Gasteiger partial charge < -0.3 is 4.74 Å². The van der Waals surface area contributed by atoms with Crippen molar-refractivity contribution in [2.45, 2.75) is 43.7 Å². The zero-order valence-corrected chi connectivity index (χ0v) is 14.0. The molecule has 4 unspecified atom stereocenters. The normalized spacial score (nSPS) is 38.0. The average molecular weight is 311 g/mol. The summed E-state index contributed by atoms with van der Waals surface area (Å²) < 4.78 is 5.35. The number of ether oxygens (including phenoxy) is 1. The minimum absolute atomic E-state index is 0.0135. The van der Waals surface area contributed by atoms with Crippen LogP contribution < -0.4 is 0 Å². The molecule has 2 aliphatic heterocycles. The second-order valence-corrected chi connectivity index (χ2v) is 7.31. The number of fused-ring (bicyclic) bond motifs is 2. The second kappa shape index (κ2) is 5.20. The van der Waals surface area contributed by atoms with Crippen LogP contribution in [0, 0.1) is 11.8 Å². The van der Waals surface area contributed by atoms with Crippen molar-refractivity contribution < 1.29 is 9.53 Å². The first-order valence-electron chi connectivity index (χ1n) is 8.73. The van der Waals surface area contributed by atoms with Crippen LogP contribution in [0.2, 0.25) is 0 Å². The van der Waals surface area contributed by atoms with E-state index in [4.69, 9.17) is 4.74 Å². The minimum atomic E-state index is -0.0145. The van der Waals surface area contributed by atoms with E-state index in [0.29, 0.717) is 18.6 Å². The summed E-state index contributed by atoms with van der Waals surface area (Å²) in [6, 6.07) is 9.57. The molecule has 2 heterocycles. The maximum atomic E-state index is 12.4. The lowest BCUT2D eigenvalue weighted by molar-refractivity contribution is -0.162. The summed E-state index contributed by atoms with van der Waals surface area (Å²) in [4.78, 5) is 14.9. The van der Waals surface area contributed by atoms with Gasteiger partial charge in [-0.25, -0.2) is 0 Å². The molecule has 0 amide bonds. The summed E-state index contributed by atoms with van der Waals surface area (Å²) in [6.45, 7) is 6.57. The number of allylic oxidation sites excluding steroid dienone is 1. The van der Waals surface area contributed by atoms with Gasteiger partial charge in [0, 0.05) is 17.5 Å². The highest BCUT2D eigenvalue weighted by atomic mass is 16.5. The zero-order valence-electron chi connectivity index (χ0n) is 14.0. The minimum Gasteiger partial charge on any atom is -0.466 e. The Balaban J connectivity index is 1.78. The molecule has 122 valence electrons. The molecular weight excluding hydrogens is 286 g/mol. The number of carbonyl (C=O) groups is 1. The van der Waals surface area contributed by atoms with Crippen molar-refractivity contribution in [2.24, 2.45) is 11.8 Å². The summed E-state index contributed by atoms with van der Waals surface area (Å²) in [5.41, 5.74) is 2.92. The third-order valence-electron chi connectivity index (χ3n) is 6.59. The Morgan fingerprint density at radius 1 is 1.43 bits per heavy atom. The Hall–Kier alpha value is -1.61. The third-order valence-corrected chi connectivity index (χ3v) is 6.59. The summed E-state index contributed by atoms with van der Waals surface area (Å²) in [5.74, 6) is 0.457. The molecule has 4 aliphatic rings. The van der Waals surface area contributed by atoms with Gasteiger partial charge in [-0.2, -0.15) is 0 Å². The number of piperidine rings is 2. The fourth-order valence-electron chi connectivity index (χ4n) is 5.56. The third kappa shape index (κ3) is 1.89. The maximum absolute atomic E-state index is 12.4. The number of likely N-dealkylation sites (N-methyl/N-ethyl adjacent to an activating group) is 1. The van der Waals surface area contributed by atoms with Crippen LogP contribution >= 0.6 is 0 Å². The van der Waals surface area contributed by atoms with E-state index in [1.807, 2.05) is 6.92 Å². The fraction of sp³-hybridized carbons (Fsp3) is 0.550. The van der Waals surface area contributed by atoms with Crippen molar-refractivity contribution in [2.75, 3.05) is 13.7 Å². The molecule has 2 saturated heterocycles. The van der Waals surface area contributed by atoms with Crippen LogP contribution in [0.5, 0.6) is 0 Å². The van der Waals surface area contributed by atoms with Gasteiger partial charge in [-0.1, -0.05) is 30.3 Å². The van der Waals surface area contributed by atoms with Gasteiger partial charge in [0.05, 0.1) is 12.5 Å². The van der Waals surface area contributed by atoms with E-state index >= 15 is 0 Å². The summed E-state index contributed by atoms with van der Waals surface area (Å²) in [6.07, 6.45) is 5.16. The average Bonchev–Trinajstić information content (AvgIpc) is 2.58. The van der Waals surface area contributed by atoms with Gasteiger partial charge >= 0.3 is 5.97 Å². The number of esters is 1. The van der Waals surface area contributed by atoms with Crippen molar-refractivity contribution in [3.8, 4) is 0 Å². The first-order chi connectivity index (χ1) is 11.1. The van der Waals surface area contributed by atoms with Gasteiger partial charge in [-0.15, -0.1) is 6.58 Å².